The molecule has 138 valence electrons. The van der Waals surface area contributed by atoms with E-state index < -0.39 is 0 Å². The van der Waals surface area contributed by atoms with Crippen molar-refractivity contribution < 1.29 is 19.2 Å². The lowest BCUT2D eigenvalue weighted by atomic mass is 10.0. The molecule has 0 saturated heterocycles. The Hall–Kier alpha value is -2.98. The van der Waals surface area contributed by atoms with Gasteiger partial charge < -0.3 is 9.84 Å². The van der Waals surface area contributed by atoms with Crippen LogP contribution in [0.3, 0.4) is 0 Å². The first kappa shape index (κ1) is 18.8. The van der Waals surface area contributed by atoms with E-state index in [1.807, 2.05) is 61.7 Å². The molecule has 0 unspecified atom stereocenters. The molecule has 1 aromatic heterocycles. The number of aliphatic hydroxyl groups is 1. The predicted octanol–water partition coefficient (Wildman–Crippen LogP) is 3.29. The van der Waals surface area contributed by atoms with Crippen molar-refractivity contribution >= 4 is 5.97 Å². The highest BCUT2D eigenvalue weighted by molar-refractivity contribution is 5.73. The Morgan fingerprint density at radius 1 is 0.926 bits per heavy atom. The monoisotopic (exact) mass is 362 g/mol. The van der Waals surface area contributed by atoms with Crippen molar-refractivity contribution in [3.05, 3.63) is 89.7 Å². The molecule has 0 aliphatic heterocycles. The first-order valence-corrected chi connectivity index (χ1v) is 9.10. The zero-order chi connectivity index (χ0) is 19.1. The molecule has 0 aliphatic rings. The molecule has 0 fully saturated rings. The Morgan fingerprint density at radius 2 is 1.67 bits per heavy atom. The maximum absolute atomic E-state index is 12.0. The number of ether oxygens (including phenoxy) is 1. The van der Waals surface area contributed by atoms with Crippen LogP contribution in [0.1, 0.15) is 23.6 Å². The van der Waals surface area contributed by atoms with Crippen molar-refractivity contribution in [1.82, 2.24) is 0 Å². The first-order chi connectivity index (χ1) is 13.2. The Labute approximate surface area is 159 Å². The van der Waals surface area contributed by atoms with Gasteiger partial charge in [-0.25, -0.2) is 0 Å². The van der Waals surface area contributed by atoms with Gasteiger partial charge in [0.2, 0.25) is 0 Å². The third-order valence-electron chi connectivity index (χ3n) is 4.31. The summed E-state index contributed by atoms with van der Waals surface area (Å²) in [5.41, 5.74) is 5.04. The molecule has 2 aromatic carbocycles. The van der Waals surface area contributed by atoms with E-state index >= 15 is 0 Å². The number of hydrogen-bond acceptors (Lipinski definition) is 3. The minimum absolute atomic E-state index is 0.0250. The summed E-state index contributed by atoms with van der Waals surface area (Å²) in [5.74, 6) is -0.225. The summed E-state index contributed by atoms with van der Waals surface area (Å²) in [5, 5.41) is 9.25. The van der Waals surface area contributed by atoms with E-state index in [2.05, 4.69) is 22.9 Å². The van der Waals surface area contributed by atoms with E-state index in [1.54, 1.807) is 0 Å². The van der Waals surface area contributed by atoms with Gasteiger partial charge in [-0.15, -0.1) is 0 Å². The third kappa shape index (κ3) is 5.25. The normalized spacial score (nSPS) is 10.6. The molecular weight excluding hydrogens is 338 g/mol. The lowest BCUT2D eigenvalue weighted by molar-refractivity contribution is -0.688. The number of carbonyl (C=O) groups excluding carboxylic acids is 1. The molecule has 0 radical (unpaired) electrons. The Balaban J connectivity index is 1.94. The number of aliphatic hydroxyl groups excluding tert-OH is 1. The number of pyridine rings is 1. The lowest BCUT2D eigenvalue weighted by Gasteiger charge is -2.07. The fourth-order valence-corrected chi connectivity index (χ4v) is 3.02. The van der Waals surface area contributed by atoms with Crippen LogP contribution in [-0.2, 0) is 29.1 Å². The number of rotatable bonds is 7. The molecule has 0 amide bonds. The number of benzene rings is 2. The van der Waals surface area contributed by atoms with E-state index in [1.165, 1.54) is 5.56 Å². The maximum Gasteiger partial charge on any atom is 0.310 e. The topological polar surface area (TPSA) is 50.4 Å². The summed E-state index contributed by atoms with van der Waals surface area (Å²) < 4.78 is 7.20. The SMILES string of the molecule is CCOC(=O)Cc1cc(-c2ccc(CO)cc2)c[n+](Cc2ccccc2)c1. The van der Waals surface area contributed by atoms with Crippen molar-refractivity contribution in [3.63, 3.8) is 0 Å². The second-order valence-corrected chi connectivity index (χ2v) is 6.43. The van der Waals surface area contributed by atoms with E-state index in [0.29, 0.717) is 6.61 Å². The highest BCUT2D eigenvalue weighted by Crippen LogP contribution is 2.20. The van der Waals surface area contributed by atoms with Crippen LogP contribution in [0, 0.1) is 0 Å². The predicted molar refractivity (Wildman–Crippen MR) is 104 cm³/mol. The highest BCUT2D eigenvalue weighted by atomic mass is 16.5. The Bertz CT molecular complexity index is 889. The summed E-state index contributed by atoms with van der Waals surface area (Å²) in [4.78, 5) is 12.0. The molecule has 0 aliphatic carbocycles. The van der Waals surface area contributed by atoms with Gasteiger partial charge in [0.05, 0.1) is 19.6 Å². The van der Waals surface area contributed by atoms with Gasteiger partial charge in [0.1, 0.15) is 0 Å². The smallest absolute Gasteiger partial charge is 0.310 e. The number of aromatic nitrogens is 1. The molecular formula is C23H24NO3+. The van der Waals surface area contributed by atoms with Gasteiger partial charge in [-0.1, -0.05) is 54.6 Å². The van der Waals surface area contributed by atoms with Crippen LogP contribution in [-0.4, -0.2) is 17.7 Å². The molecule has 4 nitrogen and oxygen atoms in total. The summed E-state index contributed by atoms with van der Waals surface area (Å²) >= 11 is 0. The Morgan fingerprint density at radius 3 is 2.33 bits per heavy atom. The summed E-state index contributed by atoms with van der Waals surface area (Å²) in [7, 11) is 0. The standard InChI is InChI=1S/C23H24NO3/c1-2-27-23(26)13-20-12-22(21-10-8-19(17-25)9-11-21)16-24(15-20)14-18-6-4-3-5-7-18/h3-12,15-16,25H,2,13-14,17H2,1H3/q+1. The van der Waals surface area contributed by atoms with Gasteiger partial charge in [-0.2, -0.15) is 4.57 Å². The van der Waals surface area contributed by atoms with Crippen molar-refractivity contribution in [2.24, 2.45) is 0 Å². The van der Waals surface area contributed by atoms with Gasteiger partial charge in [0.25, 0.3) is 0 Å². The molecule has 0 spiro atoms. The number of carbonyl (C=O) groups is 1. The van der Waals surface area contributed by atoms with Crippen molar-refractivity contribution in [3.8, 4) is 11.1 Å². The fraction of sp³-hybridized carbons (Fsp3) is 0.217. The largest absolute Gasteiger partial charge is 0.466 e. The van der Waals surface area contributed by atoms with Crippen molar-refractivity contribution in [2.75, 3.05) is 6.61 Å². The van der Waals surface area contributed by atoms with E-state index in [-0.39, 0.29) is 19.0 Å². The van der Waals surface area contributed by atoms with Crippen LogP contribution in [0.4, 0.5) is 0 Å². The highest BCUT2D eigenvalue weighted by Gasteiger charge is 2.13. The third-order valence-corrected chi connectivity index (χ3v) is 4.31. The summed E-state index contributed by atoms with van der Waals surface area (Å²) in [6, 6.07) is 20.0. The number of hydrogen-bond donors (Lipinski definition) is 1. The molecule has 0 saturated carbocycles. The van der Waals surface area contributed by atoms with Gasteiger partial charge in [0, 0.05) is 16.7 Å². The molecule has 3 aromatic rings. The molecule has 0 atom stereocenters. The van der Waals surface area contributed by atoms with Crippen LogP contribution < -0.4 is 4.57 Å². The number of nitrogens with zero attached hydrogens (tertiary/aromatic N) is 1. The van der Waals surface area contributed by atoms with Crippen LogP contribution >= 0.6 is 0 Å². The van der Waals surface area contributed by atoms with Crippen molar-refractivity contribution in [2.45, 2.75) is 26.5 Å². The fourth-order valence-electron chi connectivity index (χ4n) is 3.02. The van der Waals surface area contributed by atoms with Crippen LogP contribution in [0.25, 0.3) is 11.1 Å². The minimum Gasteiger partial charge on any atom is -0.466 e. The molecule has 1 N–H and O–H groups in total. The van der Waals surface area contributed by atoms with Gasteiger partial charge in [-0.3, -0.25) is 4.79 Å². The van der Waals surface area contributed by atoms with Gasteiger partial charge >= 0.3 is 5.97 Å². The van der Waals surface area contributed by atoms with Crippen LogP contribution in [0.5, 0.6) is 0 Å². The second kappa shape index (κ2) is 9.10. The van der Waals surface area contributed by atoms with E-state index in [0.717, 1.165) is 28.8 Å². The van der Waals surface area contributed by atoms with Gasteiger partial charge in [0.15, 0.2) is 18.9 Å². The quantitative estimate of drug-likeness (QED) is 0.518. The lowest BCUT2D eigenvalue weighted by Crippen LogP contribution is -2.34. The molecule has 27 heavy (non-hydrogen) atoms. The zero-order valence-corrected chi connectivity index (χ0v) is 15.5. The molecule has 4 heteroatoms. The molecule has 0 bridgehead atoms. The zero-order valence-electron chi connectivity index (χ0n) is 15.5. The Kier molecular flexibility index (Phi) is 6.34. The summed E-state index contributed by atoms with van der Waals surface area (Å²) in [6.07, 6.45) is 4.32. The van der Waals surface area contributed by atoms with Gasteiger partial charge in [-0.05, 0) is 24.1 Å². The average Bonchev–Trinajstić information content (AvgIpc) is 2.69. The van der Waals surface area contributed by atoms with E-state index in [9.17, 15) is 9.90 Å². The first-order valence-electron chi connectivity index (χ1n) is 9.10. The van der Waals surface area contributed by atoms with E-state index in [4.69, 9.17) is 4.74 Å². The molecule has 3 rings (SSSR count). The molecule has 1 heterocycles. The number of esters is 1. The maximum atomic E-state index is 12.0. The van der Waals surface area contributed by atoms with Crippen LogP contribution in [0.15, 0.2) is 73.1 Å². The van der Waals surface area contributed by atoms with Crippen LogP contribution in [0.2, 0.25) is 0 Å². The minimum atomic E-state index is -0.225. The summed E-state index contributed by atoms with van der Waals surface area (Å²) in [6.45, 7) is 2.94. The average molecular weight is 362 g/mol. The second-order valence-electron chi connectivity index (χ2n) is 6.43. The van der Waals surface area contributed by atoms with Crippen molar-refractivity contribution in [1.29, 1.82) is 0 Å².